The highest BCUT2D eigenvalue weighted by Gasteiger charge is 2.46. The van der Waals surface area contributed by atoms with Gasteiger partial charge in [-0.3, -0.25) is 28.8 Å². The van der Waals surface area contributed by atoms with E-state index in [1.165, 1.54) is 60.9 Å². The molecular weight excluding hydrogens is 1350 g/mol. The van der Waals surface area contributed by atoms with Crippen LogP contribution in [0.1, 0.15) is 157 Å². The molecule has 0 unspecified atom stereocenters. The standard InChI is InChI=1S/C37H43F3N6O7.C37H42F3N5O5/c1-18(2)29-33(30(19(3)4)42-17-41-29)45-31-22(13-24(39)27(28(31)40)26-23(38)11-10-12-25(26)52-9)32(34(35(45)48)46(50)51)44-14-20(5)43(15-21(44)16-47)36(49)53-37(6,7)8;1-18(2)29-33(30(19(3)4)42-17-41-29)45-31-22(13-24(39)27(28(31)40)26-23(38)11-10-12-25(26)48-9)32-34(35(45)46)49-16-21-15-43(20(5)14-44(21)32)36(47)50-37(6,7)8/h10-13,17-21,47H,14-16H2,1-9H3;10-13,17-21H,14-16H2,1-9H3/t2*20-,21-/m11/s1. The van der Waals surface area contributed by atoms with Crippen molar-refractivity contribution in [1.29, 1.82) is 0 Å². The number of rotatable bonds is 13. The lowest BCUT2D eigenvalue weighted by Gasteiger charge is -2.48. The first-order chi connectivity index (χ1) is 48.4. The molecule has 4 aromatic heterocycles. The van der Waals surface area contributed by atoms with Gasteiger partial charge in [-0.15, -0.1) is 0 Å². The molecular formula is C74H85F6N11O12. The SMILES string of the molecule is COc1cccc(F)c1-c1c(F)cc2c(N3C[C@@H](C)N(C(=O)OC(C)(C)C)C[C@@H]3CO)c([N+](=O)[O-])c(=O)n(-c3c(C(C)C)ncnc3C(C)C)c2c1F.COc1cccc(F)c1-c1c(F)cc2c3c(c(=O)n(-c4c(C(C)C)ncnc4C(C)C)c2c1F)OC[C@H]1CN(C(=O)OC(C)(C)C)[C@H](C)CN31. The summed E-state index contributed by atoms with van der Waals surface area (Å²) in [5, 5.41) is 23.3. The van der Waals surface area contributed by atoms with Gasteiger partial charge >= 0.3 is 23.4 Å². The molecule has 550 valence electrons. The largest absolute Gasteiger partial charge is 0.496 e. The van der Waals surface area contributed by atoms with Crippen LogP contribution in [0, 0.1) is 45.0 Å². The Morgan fingerprint density at radius 1 is 0.583 bits per heavy atom. The zero-order valence-electron chi connectivity index (χ0n) is 60.8. The van der Waals surface area contributed by atoms with E-state index in [9.17, 15) is 34.4 Å². The first-order valence-electron chi connectivity index (χ1n) is 33.9. The third kappa shape index (κ3) is 13.9. The molecule has 0 aliphatic carbocycles. The molecule has 0 radical (unpaired) electrons. The average molecular weight is 1430 g/mol. The number of hydrogen-bond donors (Lipinski definition) is 1. The van der Waals surface area contributed by atoms with Gasteiger partial charge in [-0.25, -0.2) is 55.9 Å². The number of aromatic nitrogens is 6. The highest BCUT2D eigenvalue weighted by Crippen LogP contribution is 2.49. The predicted molar refractivity (Wildman–Crippen MR) is 377 cm³/mol. The number of fused-ring (bicyclic) bond motifs is 6. The van der Waals surface area contributed by atoms with Gasteiger partial charge in [0.15, 0.2) is 11.6 Å². The maximum absolute atomic E-state index is 17.6. The Labute approximate surface area is 591 Å². The summed E-state index contributed by atoms with van der Waals surface area (Å²) < 4.78 is 129. The first kappa shape index (κ1) is 75.6. The maximum Gasteiger partial charge on any atom is 0.410 e. The van der Waals surface area contributed by atoms with Gasteiger partial charge in [-0.1, -0.05) is 67.5 Å². The van der Waals surface area contributed by atoms with E-state index < -0.39 is 161 Å². The summed E-state index contributed by atoms with van der Waals surface area (Å²) in [6.07, 6.45) is 1.47. The average Bonchev–Trinajstić information content (AvgIpc) is 0.713. The van der Waals surface area contributed by atoms with Gasteiger partial charge in [0.2, 0.25) is 5.75 Å². The van der Waals surface area contributed by atoms with Crippen molar-refractivity contribution in [3.8, 4) is 50.9 Å². The predicted octanol–water partition coefficient (Wildman–Crippen LogP) is 14.2. The van der Waals surface area contributed by atoms with Crippen LogP contribution in [-0.2, 0) is 9.47 Å². The quantitative estimate of drug-likeness (QED) is 0.0639. The molecule has 4 atom stereocenters. The second kappa shape index (κ2) is 29.0. The Kier molecular flexibility index (Phi) is 21.3. The van der Waals surface area contributed by atoms with Gasteiger partial charge in [0.25, 0.3) is 5.56 Å². The van der Waals surface area contributed by atoms with E-state index in [0.29, 0.717) is 11.4 Å². The lowest BCUT2D eigenvalue weighted by Crippen LogP contribution is -2.62. The van der Waals surface area contributed by atoms with Crippen molar-refractivity contribution < 1.29 is 69.6 Å². The summed E-state index contributed by atoms with van der Waals surface area (Å²) in [5.74, 6) is -8.57. The zero-order chi connectivity index (χ0) is 75.7. The second-order valence-electron chi connectivity index (χ2n) is 29.1. The van der Waals surface area contributed by atoms with Gasteiger partial charge in [-0.2, -0.15) is 0 Å². The molecule has 7 heterocycles. The number of benzene rings is 4. The van der Waals surface area contributed by atoms with Crippen molar-refractivity contribution in [2.45, 2.75) is 170 Å². The van der Waals surface area contributed by atoms with Crippen LogP contribution in [0.4, 0.5) is 53.0 Å². The Morgan fingerprint density at radius 3 is 1.37 bits per heavy atom. The summed E-state index contributed by atoms with van der Waals surface area (Å²) in [6.45, 7) is 27.8. The molecule has 11 rings (SSSR count). The summed E-state index contributed by atoms with van der Waals surface area (Å²) in [5.41, 5.74) is -6.76. The number of amides is 2. The number of anilines is 2. The lowest BCUT2D eigenvalue weighted by molar-refractivity contribution is -0.385. The molecule has 0 spiro atoms. The van der Waals surface area contributed by atoms with Crippen LogP contribution in [0.5, 0.6) is 17.2 Å². The molecule has 2 fully saturated rings. The fourth-order valence-electron chi connectivity index (χ4n) is 13.7. The number of hydrogen-bond acceptors (Lipinski definition) is 18. The molecule has 0 bridgehead atoms. The fraction of sp³-hybridized carbons (Fsp3) is 0.459. The molecule has 0 saturated carbocycles. The smallest absolute Gasteiger partial charge is 0.410 e. The normalized spacial score (nSPS) is 17.0. The second-order valence-corrected chi connectivity index (χ2v) is 29.1. The number of halogens is 6. The van der Waals surface area contributed by atoms with E-state index >= 15 is 26.3 Å². The summed E-state index contributed by atoms with van der Waals surface area (Å²) in [6, 6.07) is 6.71. The van der Waals surface area contributed by atoms with Crippen LogP contribution >= 0.6 is 0 Å². The van der Waals surface area contributed by atoms with Crippen LogP contribution in [0.3, 0.4) is 0 Å². The first-order valence-corrected chi connectivity index (χ1v) is 33.9. The van der Waals surface area contributed by atoms with Crippen LogP contribution in [-0.4, -0.2) is 150 Å². The third-order valence-corrected chi connectivity index (χ3v) is 18.2. The maximum atomic E-state index is 17.6. The lowest BCUT2D eigenvalue weighted by atomic mass is 9.96. The van der Waals surface area contributed by atoms with Crippen LogP contribution in [0.2, 0.25) is 0 Å². The highest BCUT2D eigenvalue weighted by molar-refractivity contribution is 6.02. The minimum atomic E-state index is -1.41. The molecule has 3 aliphatic rings. The molecule has 2 saturated heterocycles. The number of nitrogens with zero attached hydrogens (tertiary/aromatic N) is 11. The number of ether oxygens (including phenoxy) is 5. The third-order valence-electron chi connectivity index (χ3n) is 18.2. The van der Waals surface area contributed by atoms with Crippen LogP contribution in [0.15, 0.2) is 70.8 Å². The molecule has 23 nitrogen and oxygen atoms in total. The monoisotopic (exact) mass is 1430 g/mol. The van der Waals surface area contributed by atoms with Gasteiger partial charge in [-0.05, 0) is 115 Å². The van der Waals surface area contributed by atoms with Crippen molar-refractivity contribution in [2.75, 3.05) is 63.4 Å². The number of piperazine rings is 2. The summed E-state index contributed by atoms with van der Waals surface area (Å²) in [4.78, 5) is 92.1. The number of methoxy groups -OCH3 is 2. The van der Waals surface area contributed by atoms with Crippen LogP contribution < -0.4 is 35.1 Å². The molecule has 3 aliphatic heterocycles. The van der Waals surface area contributed by atoms with Crippen LogP contribution in [0.25, 0.3) is 55.4 Å². The van der Waals surface area contributed by atoms with E-state index in [1.54, 1.807) is 81.1 Å². The Bertz CT molecular complexity index is 4750. The van der Waals surface area contributed by atoms with Gasteiger partial charge < -0.3 is 48.4 Å². The number of carbonyl (C=O) groups excluding carboxylic acids is 2. The summed E-state index contributed by atoms with van der Waals surface area (Å²) in [7, 11) is 2.48. The van der Waals surface area contributed by atoms with Gasteiger partial charge in [0.1, 0.15) is 70.9 Å². The minimum absolute atomic E-state index is 0.0224. The Hall–Kier alpha value is -10.1. The van der Waals surface area contributed by atoms with Crippen molar-refractivity contribution in [2.24, 2.45) is 0 Å². The van der Waals surface area contributed by atoms with Crippen molar-refractivity contribution in [3.05, 3.63) is 150 Å². The van der Waals surface area contributed by atoms with Crippen molar-refractivity contribution >= 4 is 51.1 Å². The number of aliphatic hydroxyl groups is 1. The highest BCUT2D eigenvalue weighted by atomic mass is 19.2. The molecule has 1 N–H and O–H groups in total. The Morgan fingerprint density at radius 2 is 0.981 bits per heavy atom. The minimum Gasteiger partial charge on any atom is -0.496 e. The van der Waals surface area contributed by atoms with E-state index in [0.717, 1.165) is 33.4 Å². The fourth-order valence-corrected chi connectivity index (χ4v) is 13.7. The summed E-state index contributed by atoms with van der Waals surface area (Å²) >= 11 is 0. The number of carbonyl (C=O) groups is 2. The molecule has 8 aromatic rings. The van der Waals surface area contributed by atoms with E-state index in [-0.39, 0.29) is 101 Å². The molecule has 2 amide bonds. The van der Waals surface area contributed by atoms with E-state index in [1.807, 2.05) is 39.5 Å². The molecule has 4 aromatic carbocycles. The van der Waals surface area contributed by atoms with Crippen molar-refractivity contribution in [3.63, 3.8) is 0 Å². The van der Waals surface area contributed by atoms with Crippen molar-refractivity contribution in [1.82, 2.24) is 38.9 Å². The number of nitro groups is 1. The number of pyridine rings is 2. The topological polar surface area (TPSA) is 252 Å². The Balaban J connectivity index is 0.000000222. The molecule has 103 heavy (non-hydrogen) atoms. The van der Waals surface area contributed by atoms with E-state index in [2.05, 4.69) is 19.9 Å². The van der Waals surface area contributed by atoms with Gasteiger partial charge in [0.05, 0.1) is 111 Å². The van der Waals surface area contributed by atoms with E-state index in [4.69, 9.17) is 23.7 Å². The molecule has 29 heteroatoms. The number of aliphatic hydroxyl groups excluding tert-OH is 1. The van der Waals surface area contributed by atoms with Gasteiger partial charge in [0, 0.05) is 49.0 Å². The zero-order valence-corrected chi connectivity index (χ0v) is 60.8.